The number of guanidine groups is 1. The van der Waals surface area contributed by atoms with Gasteiger partial charge >= 0.3 is 0 Å². The summed E-state index contributed by atoms with van der Waals surface area (Å²) in [6, 6.07) is 3.80. The number of aliphatic hydroxyl groups is 1. The molecule has 1 saturated heterocycles. The SMILES string of the molecule is CN=C(NCc1cc(Cl)c2c(c1)OCCO2)NCC1(CCO)CCOC1. The normalized spacial score (nSPS) is 22.3. The smallest absolute Gasteiger partial charge is 0.191 e. The first kappa shape index (κ1) is 19.1. The molecule has 26 heavy (non-hydrogen) atoms. The highest BCUT2D eigenvalue weighted by atomic mass is 35.5. The summed E-state index contributed by atoms with van der Waals surface area (Å²) in [7, 11) is 1.73. The van der Waals surface area contributed by atoms with Gasteiger partial charge in [-0.2, -0.15) is 0 Å². The largest absolute Gasteiger partial charge is 0.486 e. The van der Waals surface area contributed by atoms with Crippen molar-refractivity contribution in [1.29, 1.82) is 0 Å². The number of aliphatic hydroxyl groups excluding tert-OH is 1. The van der Waals surface area contributed by atoms with Crippen molar-refractivity contribution in [3.05, 3.63) is 22.7 Å². The molecule has 144 valence electrons. The molecule has 2 aliphatic heterocycles. The number of ether oxygens (including phenoxy) is 3. The van der Waals surface area contributed by atoms with E-state index in [1.54, 1.807) is 7.05 Å². The Morgan fingerprint density at radius 3 is 2.85 bits per heavy atom. The maximum atomic E-state index is 9.33. The first-order valence-corrected chi connectivity index (χ1v) is 9.25. The zero-order valence-electron chi connectivity index (χ0n) is 15.0. The topological polar surface area (TPSA) is 84.3 Å². The Balaban J connectivity index is 1.57. The third-order valence-electron chi connectivity index (χ3n) is 4.80. The lowest BCUT2D eigenvalue weighted by atomic mass is 9.84. The molecule has 0 saturated carbocycles. The monoisotopic (exact) mass is 383 g/mol. The van der Waals surface area contributed by atoms with Crippen LogP contribution in [0, 0.1) is 5.41 Å². The molecule has 0 aliphatic carbocycles. The fourth-order valence-electron chi connectivity index (χ4n) is 3.26. The van der Waals surface area contributed by atoms with E-state index in [0.717, 1.165) is 25.0 Å². The number of aliphatic imine (C=N–C) groups is 1. The first-order chi connectivity index (χ1) is 12.7. The molecule has 7 nitrogen and oxygen atoms in total. The van der Waals surface area contributed by atoms with Crippen LogP contribution in [0.1, 0.15) is 18.4 Å². The molecule has 8 heteroatoms. The molecule has 1 aromatic carbocycles. The van der Waals surface area contributed by atoms with Crippen LogP contribution in [-0.2, 0) is 11.3 Å². The van der Waals surface area contributed by atoms with Crippen LogP contribution in [0.15, 0.2) is 17.1 Å². The molecule has 3 rings (SSSR count). The minimum absolute atomic E-state index is 0.0350. The molecule has 3 N–H and O–H groups in total. The number of nitrogens with zero attached hydrogens (tertiary/aromatic N) is 1. The number of rotatable bonds is 6. The van der Waals surface area contributed by atoms with Gasteiger partial charge in [-0.3, -0.25) is 4.99 Å². The van der Waals surface area contributed by atoms with E-state index in [2.05, 4.69) is 15.6 Å². The molecule has 0 spiro atoms. The van der Waals surface area contributed by atoms with Gasteiger partial charge in [0.1, 0.15) is 13.2 Å². The Morgan fingerprint density at radius 2 is 2.12 bits per heavy atom. The van der Waals surface area contributed by atoms with E-state index >= 15 is 0 Å². The Kier molecular flexibility index (Phi) is 6.45. The van der Waals surface area contributed by atoms with Gasteiger partial charge in [0.15, 0.2) is 17.5 Å². The van der Waals surface area contributed by atoms with Gasteiger partial charge in [-0.25, -0.2) is 0 Å². The summed E-state index contributed by atoms with van der Waals surface area (Å²) >= 11 is 6.28. The maximum absolute atomic E-state index is 9.33. The van der Waals surface area contributed by atoms with E-state index in [0.29, 0.717) is 55.4 Å². The number of halogens is 1. The Labute approximate surface area is 158 Å². The molecule has 1 aromatic rings. The molecule has 2 heterocycles. The van der Waals surface area contributed by atoms with Gasteiger partial charge in [-0.1, -0.05) is 11.6 Å². The third-order valence-corrected chi connectivity index (χ3v) is 5.08. The van der Waals surface area contributed by atoms with Gasteiger partial charge in [0.05, 0.1) is 11.6 Å². The minimum Gasteiger partial charge on any atom is -0.486 e. The van der Waals surface area contributed by atoms with Crippen molar-refractivity contribution in [1.82, 2.24) is 10.6 Å². The summed E-state index contributed by atoms with van der Waals surface area (Å²) < 4.78 is 16.7. The molecule has 0 amide bonds. The molecule has 2 aliphatic rings. The van der Waals surface area contributed by atoms with Gasteiger partial charge in [0.2, 0.25) is 0 Å². The lowest BCUT2D eigenvalue weighted by Crippen LogP contribution is -2.44. The first-order valence-electron chi connectivity index (χ1n) is 8.87. The minimum atomic E-state index is -0.0350. The van der Waals surface area contributed by atoms with Crippen molar-refractivity contribution in [2.45, 2.75) is 19.4 Å². The molecule has 0 radical (unpaired) electrons. The lowest BCUT2D eigenvalue weighted by molar-refractivity contribution is 0.127. The third kappa shape index (κ3) is 4.52. The van der Waals surface area contributed by atoms with Crippen LogP contribution < -0.4 is 20.1 Å². The van der Waals surface area contributed by atoms with E-state index in [1.165, 1.54) is 0 Å². The molecule has 0 aromatic heterocycles. The van der Waals surface area contributed by atoms with Gasteiger partial charge < -0.3 is 30.0 Å². The summed E-state index contributed by atoms with van der Waals surface area (Å²) in [5.74, 6) is 1.98. The summed E-state index contributed by atoms with van der Waals surface area (Å²) in [6.07, 6.45) is 1.66. The van der Waals surface area contributed by atoms with E-state index in [-0.39, 0.29) is 12.0 Å². The average molecular weight is 384 g/mol. The van der Waals surface area contributed by atoms with Crippen molar-refractivity contribution in [3.63, 3.8) is 0 Å². The predicted molar refractivity (Wildman–Crippen MR) is 100 cm³/mol. The maximum Gasteiger partial charge on any atom is 0.191 e. The van der Waals surface area contributed by atoms with Crippen LogP contribution in [0.3, 0.4) is 0 Å². The fraction of sp³-hybridized carbons (Fsp3) is 0.611. The van der Waals surface area contributed by atoms with Gasteiger partial charge in [0, 0.05) is 38.8 Å². The summed E-state index contributed by atoms with van der Waals surface area (Å²) in [5.41, 5.74) is 0.948. The van der Waals surface area contributed by atoms with Crippen LogP contribution in [-0.4, -0.2) is 57.7 Å². The Morgan fingerprint density at radius 1 is 1.27 bits per heavy atom. The van der Waals surface area contributed by atoms with Crippen LogP contribution in [0.2, 0.25) is 5.02 Å². The van der Waals surface area contributed by atoms with Gasteiger partial charge in [0.25, 0.3) is 0 Å². The zero-order chi connectivity index (χ0) is 18.4. The van der Waals surface area contributed by atoms with Crippen molar-refractivity contribution < 1.29 is 19.3 Å². The van der Waals surface area contributed by atoms with E-state index < -0.39 is 0 Å². The quantitative estimate of drug-likeness (QED) is 0.511. The number of hydrogen-bond donors (Lipinski definition) is 3. The molecule has 1 atom stereocenters. The highest BCUT2D eigenvalue weighted by Gasteiger charge is 2.34. The van der Waals surface area contributed by atoms with Crippen LogP contribution in [0.5, 0.6) is 11.5 Å². The van der Waals surface area contributed by atoms with Crippen LogP contribution in [0.4, 0.5) is 0 Å². The summed E-state index contributed by atoms with van der Waals surface area (Å²) in [5, 5.41) is 16.5. The van der Waals surface area contributed by atoms with Crippen molar-refractivity contribution >= 4 is 17.6 Å². The molecular formula is C18H26ClN3O4. The summed E-state index contributed by atoms with van der Waals surface area (Å²) in [6.45, 7) is 3.86. The number of nitrogens with one attached hydrogen (secondary N) is 2. The summed E-state index contributed by atoms with van der Waals surface area (Å²) in [4.78, 5) is 4.27. The molecular weight excluding hydrogens is 358 g/mol. The number of hydrogen-bond acceptors (Lipinski definition) is 5. The Bertz CT molecular complexity index is 648. The van der Waals surface area contributed by atoms with Crippen molar-refractivity contribution in [2.75, 3.05) is 46.6 Å². The lowest BCUT2D eigenvalue weighted by Gasteiger charge is -2.27. The second-order valence-corrected chi connectivity index (χ2v) is 7.06. The van der Waals surface area contributed by atoms with Gasteiger partial charge in [-0.15, -0.1) is 0 Å². The van der Waals surface area contributed by atoms with Crippen LogP contribution >= 0.6 is 11.6 Å². The standard InChI is InChI=1S/C18H26ClN3O4/c1-20-17(22-11-18(2-4-23)3-5-24-12-18)21-10-13-8-14(19)16-15(9-13)25-6-7-26-16/h8-9,23H,2-7,10-12H2,1H3,(H2,20,21,22). The number of benzene rings is 1. The number of fused-ring (bicyclic) bond motifs is 1. The predicted octanol–water partition coefficient (Wildman–Crippen LogP) is 1.57. The van der Waals surface area contributed by atoms with Crippen molar-refractivity contribution in [3.8, 4) is 11.5 Å². The molecule has 1 fully saturated rings. The second kappa shape index (κ2) is 8.79. The van der Waals surface area contributed by atoms with Gasteiger partial charge in [-0.05, 0) is 30.5 Å². The van der Waals surface area contributed by atoms with Crippen molar-refractivity contribution in [2.24, 2.45) is 10.4 Å². The average Bonchev–Trinajstić information content (AvgIpc) is 3.11. The zero-order valence-corrected chi connectivity index (χ0v) is 15.8. The highest BCUT2D eigenvalue weighted by molar-refractivity contribution is 6.32. The van der Waals surface area contributed by atoms with E-state index in [4.69, 9.17) is 25.8 Å². The van der Waals surface area contributed by atoms with Crippen LogP contribution in [0.25, 0.3) is 0 Å². The molecule has 1 unspecified atom stereocenters. The molecule has 0 bridgehead atoms. The fourth-order valence-corrected chi connectivity index (χ4v) is 3.54. The highest BCUT2D eigenvalue weighted by Crippen LogP contribution is 2.38. The van der Waals surface area contributed by atoms with E-state index in [9.17, 15) is 5.11 Å². The van der Waals surface area contributed by atoms with E-state index in [1.807, 2.05) is 12.1 Å². The Hall–Kier alpha value is -1.70. The second-order valence-electron chi connectivity index (χ2n) is 6.66.